The first kappa shape index (κ1) is 9.15. The van der Waals surface area contributed by atoms with Crippen molar-refractivity contribution in [1.82, 2.24) is 9.97 Å². The quantitative estimate of drug-likeness (QED) is 0.679. The van der Waals surface area contributed by atoms with Crippen molar-refractivity contribution in [3.8, 4) is 0 Å². The topological polar surface area (TPSA) is 45.8 Å². The molecule has 0 bridgehead atoms. The molecule has 14 heavy (non-hydrogen) atoms. The van der Waals surface area contributed by atoms with Gasteiger partial charge in [0.2, 0.25) is 5.56 Å². The lowest BCUT2D eigenvalue weighted by molar-refractivity contribution is 0.630. The lowest BCUT2D eigenvalue weighted by Crippen LogP contribution is -2.05. The van der Waals surface area contributed by atoms with E-state index >= 15 is 0 Å². The Bertz CT molecular complexity index is 564. The number of aromatic amines is 1. The first-order valence-electron chi connectivity index (χ1n) is 3.94. The molecule has 2 rings (SSSR count). The summed E-state index contributed by atoms with van der Waals surface area (Å²) >= 11 is 5.54. The van der Waals surface area contributed by atoms with Gasteiger partial charge in [-0.05, 0) is 13.0 Å². The summed E-state index contributed by atoms with van der Waals surface area (Å²) in [6, 6.07) is 2.85. The van der Waals surface area contributed by atoms with E-state index in [-0.39, 0.29) is 16.2 Å². The molecule has 2 aromatic rings. The second-order valence-corrected chi connectivity index (χ2v) is 3.27. The summed E-state index contributed by atoms with van der Waals surface area (Å²) in [5, 5.41) is 0.336. The molecule has 0 aliphatic heterocycles. The van der Waals surface area contributed by atoms with Crippen LogP contribution >= 0.6 is 11.6 Å². The number of pyridine rings is 2. The van der Waals surface area contributed by atoms with E-state index in [4.69, 9.17) is 11.6 Å². The minimum Gasteiger partial charge on any atom is -0.319 e. The number of nitrogens with zero attached hydrogens (tertiary/aromatic N) is 1. The van der Waals surface area contributed by atoms with Crippen molar-refractivity contribution < 1.29 is 4.39 Å². The molecule has 0 aromatic carbocycles. The Labute approximate surface area is 83.5 Å². The maximum atomic E-state index is 13.4. The van der Waals surface area contributed by atoms with Crippen LogP contribution in [0.1, 0.15) is 5.69 Å². The molecule has 0 aliphatic rings. The van der Waals surface area contributed by atoms with Crippen molar-refractivity contribution in [3.05, 3.63) is 39.2 Å². The minimum atomic E-state index is -0.690. The Hall–Kier alpha value is -1.42. The average molecular weight is 213 g/mol. The molecule has 0 aliphatic carbocycles. The van der Waals surface area contributed by atoms with Gasteiger partial charge in [0.1, 0.15) is 0 Å². The van der Waals surface area contributed by atoms with Gasteiger partial charge in [-0.1, -0.05) is 11.6 Å². The Morgan fingerprint density at radius 3 is 2.93 bits per heavy atom. The molecule has 0 atom stereocenters. The normalized spacial score (nSPS) is 10.8. The highest BCUT2D eigenvalue weighted by Gasteiger charge is 2.10. The van der Waals surface area contributed by atoms with E-state index < -0.39 is 5.82 Å². The average Bonchev–Trinajstić information content (AvgIpc) is 2.14. The number of nitrogens with one attached hydrogen (secondary N) is 1. The van der Waals surface area contributed by atoms with Crippen LogP contribution < -0.4 is 5.56 Å². The summed E-state index contributed by atoms with van der Waals surface area (Å²) in [5.74, 6) is -0.690. The second kappa shape index (κ2) is 3.06. The highest BCUT2D eigenvalue weighted by atomic mass is 35.5. The SMILES string of the molecule is Cc1nc(Cl)c(F)c2[nH]c(=O)ccc12. The molecular formula is C9H6ClFN2O. The van der Waals surface area contributed by atoms with E-state index in [1.54, 1.807) is 6.92 Å². The second-order valence-electron chi connectivity index (χ2n) is 2.91. The van der Waals surface area contributed by atoms with Gasteiger partial charge in [-0.15, -0.1) is 0 Å². The fraction of sp³-hybridized carbons (Fsp3) is 0.111. The fourth-order valence-corrected chi connectivity index (χ4v) is 1.53. The molecule has 0 saturated carbocycles. The van der Waals surface area contributed by atoms with E-state index in [1.165, 1.54) is 12.1 Å². The zero-order valence-corrected chi connectivity index (χ0v) is 8.02. The van der Waals surface area contributed by atoms with E-state index in [9.17, 15) is 9.18 Å². The van der Waals surface area contributed by atoms with Crippen molar-refractivity contribution in [2.45, 2.75) is 6.92 Å². The van der Waals surface area contributed by atoms with Crippen molar-refractivity contribution in [1.29, 1.82) is 0 Å². The first-order valence-corrected chi connectivity index (χ1v) is 4.32. The van der Waals surface area contributed by atoms with Gasteiger partial charge in [-0.3, -0.25) is 4.79 Å². The van der Waals surface area contributed by atoms with E-state index in [0.717, 1.165) is 0 Å². The van der Waals surface area contributed by atoms with Gasteiger partial charge < -0.3 is 4.98 Å². The molecule has 3 nitrogen and oxygen atoms in total. The Balaban J connectivity index is 3.02. The summed E-state index contributed by atoms with van der Waals surface area (Å²) < 4.78 is 13.4. The predicted octanol–water partition coefficient (Wildman–Crippen LogP) is 2.02. The van der Waals surface area contributed by atoms with Gasteiger partial charge in [-0.25, -0.2) is 9.37 Å². The predicted molar refractivity (Wildman–Crippen MR) is 52.1 cm³/mol. The molecule has 0 saturated heterocycles. The van der Waals surface area contributed by atoms with Crippen molar-refractivity contribution in [2.24, 2.45) is 0 Å². The van der Waals surface area contributed by atoms with Crippen molar-refractivity contribution in [3.63, 3.8) is 0 Å². The third kappa shape index (κ3) is 1.28. The summed E-state index contributed by atoms with van der Waals surface area (Å²) in [6.45, 7) is 1.70. The van der Waals surface area contributed by atoms with Gasteiger partial charge in [-0.2, -0.15) is 0 Å². The third-order valence-electron chi connectivity index (χ3n) is 1.98. The van der Waals surface area contributed by atoms with Gasteiger partial charge in [0.25, 0.3) is 0 Å². The highest BCUT2D eigenvalue weighted by Crippen LogP contribution is 2.21. The molecule has 0 spiro atoms. The van der Waals surface area contributed by atoms with Gasteiger partial charge in [0, 0.05) is 17.1 Å². The Morgan fingerprint density at radius 1 is 1.50 bits per heavy atom. The van der Waals surface area contributed by atoms with Gasteiger partial charge in [0.15, 0.2) is 11.0 Å². The van der Waals surface area contributed by atoms with Crippen LogP contribution in [0.15, 0.2) is 16.9 Å². The molecule has 2 aromatic heterocycles. The number of fused-ring (bicyclic) bond motifs is 1. The zero-order chi connectivity index (χ0) is 10.3. The van der Waals surface area contributed by atoms with Crippen molar-refractivity contribution >= 4 is 22.5 Å². The number of aryl methyl sites for hydroxylation is 1. The zero-order valence-electron chi connectivity index (χ0n) is 7.27. The molecule has 0 radical (unpaired) electrons. The smallest absolute Gasteiger partial charge is 0.248 e. The molecule has 1 N–H and O–H groups in total. The van der Waals surface area contributed by atoms with Crippen LogP contribution in [0.4, 0.5) is 4.39 Å². The molecule has 2 heterocycles. The number of aromatic nitrogens is 2. The first-order chi connectivity index (χ1) is 6.59. The highest BCUT2D eigenvalue weighted by molar-refractivity contribution is 6.30. The van der Waals surface area contributed by atoms with Gasteiger partial charge >= 0.3 is 0 Å². The molecule has 0 fully saturated rings. The molecule has 5 heteroatoms. The third-order valence-corrected chi connectivity index (χ3v) is 2.23. The largest absolute Gasteiger partial charge is 0.319 e. The minimum absolute atomic E-state index is 0.106. The lowest BCUT2D eigenvalue weighted by atomic mass is 10.2. The summed E-state index contributed by atoms with van der Waals surface area (Å²) in [4.78, 5) is 17.2. The molecule has 72 valence electrons. The number of H-pyrrole nitrogens is 1. The monoisotopic (exact) mass is 212 g/mol. The summed E-state index contributed by atoms with van der Waals surface area (Å²) in [5.41, 5.74) is 0.329. The summed E-state index contributed by atoms with van der Waals surface area (Å²) in [7, 11) is 0. The van der Waals surface area contributed by atoms with Crippen LogP contribution in [0, 0.1) is 12.7 Å². The van der Waals surface area contributed by atoms with Crippen LogP contribution in [0.25, 0.3) is 10.9 Å². The number of hydrogen-bond donors (Lipinski definition) is 1. The number of rotatable bonds is 0. The maximum absolute atomic E-state index is 13.4. The van der Waals surface area contributed by atoms with Crippen LogP contribution in [0.5, 0.6) is 0 Å². The van der Waals surface area contributed by atoms with Crippen LogP contribution in [0.2, 0.25) is 5.15 Å². The Morgan fingerprint density at radius 2 is 2.21 bits per heavy atom. The van der Waals surface area contributed by atoms with Gasteiger partial charge in [0.05, 0.1) is 5.52 Å². The molecule has 0 unspecified atom stereocenters. The number of halogens is 2. The van der Waals surface area contributed by atoms with E-state index in [2.05, 4.69) is 9.97 Å². The lowest BCUT2D eigenvalue weighted by Gasteiger charge is -2.03. The Kier molecular flexibility index (Phi) is 2.00. The van der Waals surface area contributed by atoms with Crippen LogP contribution in [-0.2, 0) is 0 Å². The van der Waals surface area contributed by atoms with E-state index in [0.29, 0.717) is 11.1 Å². The van der Waals surface area contributed by atoms with Crippen molar-refractivity contribution in [2.75, 3.05) is 0 Å². The van der Waals surface area contributed by atoms with E-state index in [1.807, 2.05) is 0 Å². The fourth-order valence-electron chi connectivity index (χ4n) is 1.31. The standard InChI is InChI=1S/C9H6ClFN2O/c1-4-5-2-3-6(14)13-8(5)7(11)9(10)12-4/h2-3H,1H3,(H,13,14). The maximum Gasteiger partial charge on any atom is 0.248 e. The molecular weight excluding hydrogens is 207 g/mol. The number of hydrogen-bond acceptors (Lipinski definition) is 2. The van der Waals surface area contributed by atoms with Crippen LogP contribution in [0.3, 0.4) is 0 Å². The summed E-state index contributed by atoms with van der Waals surface area (Å²) in [6.07, 6.45) is 0. The van der Waals surface area contributed by atoms with Crippen LogP contribution in [-0.4, -0.2) is 9.97 Å². The molecule has 0 amide bonds.